The van der Waals surface area contributed by atoms with Crippen molar-refractivity contribution in [1.29, 1.82) is 0 Å². The van der Waals surface area contributed by atoms with E-state index in [0.717, 1.165) is 23.3 Å². The van der Waals surface area contributed by atoms with Crippen LogP contribution in [0.1, 0.15) is 22.8 Å². The fourth-order valence-corrected chi connectivity index (χ4v) is 2.68. The van der Waals surface area contributed by atoms with Crippen LogP contribution in [0.3, 0.4) is 0 Å². The maximum atomic E-state index is 10.4. The van der Waals surface area contributed by atoms with Gasteiger partial charge in [-0.3, -0.25) is 0 Å². The molecule has 1 heterocycles. The molecule has 0 saturated carbocycles. The lowest BCUT2D eigenvalue weighted by Gasteiger charge is -2.14. The molecular formula is C15H12Cl2O2. The minimum atomic E-state index is -0.780. The zero-order valence-electron chi connectivity index (χ0n) is 10.1. The summed E-state index contributed by atoms with van der Waals surface area (Å²) in [6.07, 6.45) is 0.0937. The van der Waals surface area contributed by atoms with E-state index in [1.807, 2.05) is 18.2 Å². The lowest BCUT2D eigenvalue weighted by atomic mass is 9.99. The summed E-state index contributed by atoms with van der Waals surface area (Å²) in [6, 6.07) is 10.8. The zero-order chi connectivity index (χ0) is 13.4. The summed E-state index contributed by atoms with van der Waals surface area (Å²) in [5.74, 6) is 0.896. The highest BCUT2D eigenvalue weighted by Gasteiger charge is 2.18. The molecule has 19 heavy (non-hydrogen) atoms. The molecule has 2 aromatic rings. The highest BCUT2D eigenvalue weighted by molar-refractivity contribution is 6.33. The van der Waals surface area contributed by atoms with Gasteiger partial charge in [0.1, 0.15) is 11.9 Å². The van der Waals surface area contributed by atoms with Gasteiger partial charge in [-0.1, -0.05) is 29.3 Å². The van der Waals surface area contributed by atoms with Crippen molar-refractivity contribution in [3.8, 4) is 5.75 Å². The molecule has 0 aromatic heterocycles. The molecular weight excluding hydrogens is 283 g/mol. The van der Waals surface area contributed by atoms with E-state index < -0.39 is 6.10 Å². The van der Waals surface area contributed by atoms with Gasteiger partial charge in [-0.15, -0.1) is 0 Å². The Kier molecular flexibility index (Phi) is 3.40. The minimum Gasteiger partial charge on any atom is -0.493 e. The number of hydrogen-bond acceptors (Lipinski definition) is 2. The lowest BCUT2D eigenvalue weighted by molar-refractivity contribution is 0.220. The van der Waals surface area contributed by atoms with Gasteiger partial charge in [0.2, 0.25) is 0 Å². The van der Waals surface area contributed by atoms with E-state index in [-0.39, 0.29) is 0 Å². The van der Waals surface area contributed by atoms with Gasteiger partial charge < -0.3 is 9.84 Å². The molecule has 1 aliphatic heterocycles. The van der Waals surface area contributed by atoms with Crippen molar-refractivity contribution in [1.82, 2.24) is 0 Å². The van der Waals surface area contributed by atoms with Gasteiger partial charge in [0.15, 0.2) is 0 Å². The van der Waals surface area contributed by atoms with E-state index in [1.165, 1.54) is 0 Å². The van der Waals surface area contributed by atoms with Gasteiger partial charge in [-0.25, -0.2) is 0 Å². The number of rotatable bonds is 2. The fraction of sp³-hybridized carbons (Fsp3) is 0.200. The number of aliphatic hydroxyl groups excluding tert-OH is 1. The summed E-state index contributed by atoms with van der Waals surface area (Å²) in [5, 5.41) is 11.5. The second kappa shape index (κ2) is 5.04. The first kappa shape index (κ1) is 12.8. The molecule has 2 nitrogen and oxygen atoms in total. The van der Waals surface area contributed by atoms with E-state index in [4.69, 9.17) is 27.9 Å². The zero-order valence-corrected chi connectivity index (χ0v) is 11.6. The molecule has 1 unspecified atom stereocenters. The van der Waals surface area contributed by atoms with E-state index in [2.05, 4.69) is 0 Å². The smallest absolute Gasteiger partial charge is 0.122 e. The van der Waals surface area contributed by atoms with E-state index in [9.17, 15) is 5.11 Å². The molecule has 1 aliphatic rings. The quantitative estimate of drug-likeness (QED) is 0.907. The first-order chi connectivity index (χ1) is 9.15. The van der Waals surface area contributed by atoms with Crippen LogP contribution in [0.5, 0.6) is 5.75 Å². The van der Waals surface area contributed by atoms with E-state index in [0.29, 0.717) is 22.2 Å². The molecule has 0 bridgehead atoms. The van der Waals surface area contributed by atoms with Crippen molar-refractivity contribution >= 4 is 23.2 Å². The largest absolute Gasteiger partial charge is 0.493 e. The molecule has 0 saturated heterocycles. The Morgan fingerprint density at radius 2 is 1.95 bits per heavy atom. The van der Waals surface area contributed by atoms with Crippen molar-refractivity contribution in [2.45, 2.75) is 12.5 Å². The summed E-state index contributed by atoms with van der Waals surface area (Å²) in [7, 11) is 0. The van der Waals surface area contributed by atoms with Gasteiger partial charge >= 0.3 is 0 Å². The number of fused-ring (bicyclic) bond motifs is 1. The maximum Gasteiger partial charge on any atom is 0.122 e. The topological polar surface area (TPSA) is 29.5 Å². The third kappa shape index (κ3) is 2.44. The number of halogens is 2. The lowest BCUT2D eigenvalue weighted by Crippen LogP contribution is -2.01. The third-order valence-corrected chi connectivity index (χ3v) is 3.86. The summed E-state index contributed by atoms with van der Waals surface area (Å²) < 4.78 is 5.45. The Labute approximate surface area is 121 Å². The van der Waals surface area contributed by atoms with Crippen molar-refractivity contribution < 1.29 is 9.84 Å². The molecule has 0 fully saturated rings. The van der Waals surface area contributed by atoms with Crippen molar-refractivity contribution in [3.63, 3.8) is 0 Å². The second-order valence-corrected chi connectivity index (χ2v) is 5.38. The van der Waals surface area contributed by atoms with Crippen LogP contribution in [0, 0.1) is 0 Å². The van der Waals surface area contributed by atoms with Crippen molar-refractivity contribution in [2.24, 2.45) is 0 Å². The van der Waals surface area contributed by atoms with Crippen molar-refractivity contribution in [3.05, 3.63) is 63.1 Å². The maximum absolute atomic E-state index is 10.4. The number of benzene rings is 2. The summed E-state index contributed by atoms with van der Waals surface area (Å²) in [4.78, 5) is 0. The first-order valence-electron chi connectivity index (χ1n) is 6.04. The predicted molar refractivity (Wildman–Crippen MR) is 76.2 cm³/mol. The number of hydrogen-bond donors (Lipinski definition) is 1. The molecule has 0 aliphatic carbocycles. The first-order valence-corrected chi connectivity index (χ1v) is 6.79. The molecule has 2 aromatic carbocycles. The van der Waals surface area contributed by atoms with Crippen LogP contribution >= 0.6 is 23.2 Å². The molecule has 98 valence electrons. The second-order valence-electron chi connectivity index (χ2n) is 4.53. The van der Waals surface area contributed by atoms with Crippen LogP contribution in [0.2, 0.25) is 10.0 Å². The van der Waals surface area contributed by atoms with Crippen LogP contribution in [0.4, 0.5) is 0 Å². The minimum absolute atomic E-state index is 0.508. The molecule has 0 spiro atoms. The van der Waals surface area contributed by atoms with Gasteiger partial charge in [0.05, 0.1) is 6.61 Å². The summed E-state index contributed by atoms with van der Waals surface area (Å²) in [5.41, 5.74) is 2.54. The fourth-order valence-electron chi connectivity index (χ4n) is 2.28. The van der Waals surface area contributed by atoms with Crippen LogP contribution in [-0.2, 0) is 6.42 Å². The average Bonchev–Trinajstić information content (AvgIpc) is 2.88. The van der Waals surface area contributed by atoms with Crippen LogP contribution < -0.4 is 4.74 Å². The number of ether oxygens (including phenoxy) is 1. The average molecular weight is 295 g/mol. The Balaban J connectivity index is 1.99. The highest BCUT2D eigenvalue weighted by atomic mass is 35.5. The third-order valence-electron chi connectivity index (χ3n) is 3.28. The van der Waals surface area contributed by atoms with Crippen LogP contribution in [-0.4, -0.2) is 11.7 Å². The molecule has 1 N–H and O–H groups in total. The standard InChI is InChI=1S/C15H12Cl2O2/c16-11-2-3-13(17)12(8-11)15(18)10-1-4-14-9(7-10)5-6-19-14/h1-4,7-8,15,18H,5-6H2. The predicted octanol–water partition coefficient (Wildman–Crippen LogP) is 4.01. The Hall–Kier alpha value is -1.22. The van der Waals surface area contributed by atoms with Gasteiger partial charge in [-0.2, -0.15) is 0 Å². The Morgan fingerprint density at radius 3 is 2.79 bits per heavy atom. The van der Waals surface area contributed by atoms with Crippen molar-refractivity contribution in [2.75, 3.05) is 6.61 Å². The highest BCUT2D eigenvalue weighted by Crippen LogP contribution is 2.34. The summed E-state index contributed by atoms with van der Waals surface area (Å²) in [6.45, 7) is 0.701. The SMILES string of the molecule is OC(c1ccc2c(c1)CCO2)c1cc(Cl)ccc1Cl. The van der Waals surface area contributed by atoms with Gasteiger partial charge in [-0.05, 0) is 41.5 Å². The normalized spacial score (nSPS) is 14.9. The van der Waals surface area contributed by atoms with Crippen LogP contribution in [0.15, 0.2) is 36.4 Å². The molecule has 0 amide bonds. The Morgan fingerprint density at radius 1 is 1.11 bits per heavy atom. The van der Waals surface area contributed by atoms with Gasteiger partial charge in [0, 0.05) is 22.0 Å². The molecule has 0 radical (unpaired) electrons. The summed E-state index contributed by atoms with van der Waals surface area (Å²) >= 11 is 12.1. The molecule has 1 atom stereocenters. The molecule has 3 rings (SSSR count). The van der Waals surface area contributed by atoms with E-state index >= 15 is 0 Å². The Bertz CT molecular complexity index is 626. The molecule has 4 heteroatoms. The number of aliphatic hydroxyl groups is 1. The van der Waals surface area contributed by atoms with Crippen LogP contribution in [0.25, 0.3) is 0 Å². The van der Waals surface area contributed by atoms with Gasteiger partial charge in [0.25, 0.3) is 0 Å². The van der Waals surface area contributed by atoms with E-state index in [1.54, 1.807) is 18.2 Å². The monoisotopic (exact) mass is 294 g/mol.